The van der Waals surface area contributed by atoms with Gasteiger partial charge in [-0.3, -0.25) is 4.79 Å². The number of carbonyl (C=O) groups is 1. The molecule has 1 aliphatic heterocycles. The summed E-state index contributed by atoms with van der Waals surface area (Å²) in [5.74, 6) is 0.214. The van der Waals surface area contributed by atoms with E-state index < -0.39 is 0 Å². The number of nitrogens with one attached hydrogen (secondary N) is 1. The van der Waals surface area contributed by atoms with Crippen molar-refractivity contribution >= 4 is 29.0 Å². The quantitative estimate of drug-likeness (QED) is 0.464. The van der Waals surface area contributed by atoms with Crippen LogP contribution in [-0.2, 0) is 10.3 Å². The molecule has 0 saturated carbocycles. The van der Waals surface area contributed by atoms with Gasteiger partial charge in [0.15, 0.2) is 0 Å². The van der Waals surface area contributed by atoms with Crippen molar-refractivity contribution in [3.8, 4) is 0 Å². The van der Waals surface area contributed by atoms with Crippen molar-refractivity contribution in [3.05, 3.63) is 0 Å². The van der Waals surface area contributed by atoms with Crippen LogP contribution in [-0.4, -0.2) is 35.5 Å². The number of piperidine rings is 1. The normalized spacial score (nSPS) is 16.7. The van der Waals surface area contributed by atoms with Crippen molar-refractivity contribution in [2.45, 2.75) is 19.3 Å². The zero-order valence-corrected chi connectivity index (χ0v) is 6.77. The van der Waals surface area contributed by atoms with Crippen LogP contribution in [0.3, 0.4) is 0 Å². The maximum absolute atomic E-state index is 10.4. The molecule has 1 fully saturated rings. The number of hydrogen-bond donors (Lipinski definition) is 1. The Labute approximate surface area is 70.7 Å². The van der Waals surface area contributed by atoms with Gasteiger partial charge in [0.05, 0.1) is 0 Å². The van der Waals surface area contributed by atoms with E-state index in [2.05, 4.69) is 5.32 Å². The van der Waals surface area contributed by atoms with Crippen molar-refractivity contribution in [2.75, 3.05) is 6.54 Å². The first-order valence-electron chi connectivity index (χ1n) is 2.66. The predicted molar refractivity (Wildman–Crippen MR) is 33.3 cm³/mol. The Morgan fingerprint density at radius 1 is 1.33 bits per heavy atom. The topological polar surface area (TPSA) is 57.6 Å². The Kier molecular flexibility index (Phi) is 8.37. The fraction of sp³-hybridized carbons (Fsp3) is 0.800. The second-order valence-corrected chi connectivity index (χ2v) is 1.81. The Hall–Kier alpha value is 0.196. The van der Waals surface area contributed by atoms with Gasteiger partial charge in [0.25, 0.3) is 0 Å². The first-order chi connectivity index (χ1) is 3.39. The van der Waals surface area contributed by atoms with Crippen LogP contribution in [0.25, 0.3) is 0 Å². The van der Waals surface area contributed by atoms with Gasteiger partial charge < -0.3 is 10.8 Å². The Balaban J connectivity index is 0. The van der Waals surface area contributed by atoms with Crippen molar-refractivity contribution in [1.82, 2.24) is 5.32 Å². The monoisotopic (exact) mass is 139 g/mol. The van der Waals surface area contributed by atoms with Crippen molar-refractivity contribution in [1.29, 1.82) is 0 Å². The Morgan fingerprint density at radius 2 is 2.00 bits per heavy atom. The van der Waals surface area contributed by atoms with E-state index in [1.165, 1.54) is 0 Å². The molecule has 0 radical (unpaired) electrons. The molecule has 0 unspecified atom stereocenters. The fourth-order valence-electron chi connectivity index (χ4n) is 0.727. The summed E-state index contributed by atoms with van der Waals surface area (Å²) in [6.07, 6.45) is 2.97. The van der Waals surface area contributed by atoms with E-state index in [4.69, 9.17) is 0 Å². The van der Waals surface area contributed by atoms with Gasteiger partial charge in [-0.05, 0) is 12.8 Å². The van der Waals surface area contributed by atoms with Crippen LogP contribution >= 0.6 is 0 Å². The van der Waals surface area contributed by atoms with Crippen LogP contribution in [0.4, 0.5) is 0 Å². The molecule has 0 aromatic carbocycles. The molecule has 1 heterocycles. The Bertz CT molecular complexity index is 79.0. The zero-order chi connectivity index (χ0) is 5.11. The number of rotatable bonds is 0. The summed E-state index contributed by atoms with van der Waals surface area (Å²) in [6.45, 7) is 0.888. The Morgan fingerprint density at radius 3 is 2.22 bits per heavy atom. The molecule has 1 N–H and O–H groups in total. The number of carbonyl (C=O) groups excluding carboxylic acids is 1. The minimum absolute atomic E-state index is 0. The van der Waals surface area contributed by atoms with Crippen LogP contribution in [0.15, 0.2) is 0 Å². The van der Waals surface area contributed by atoms with Crippen molar-refractivity contribution in [2.24, 2.45) is 0 Å². The van der Waals surface area contributed by atoms with Crippen LogP contribution in [0.2, 0.25) is 0 Å². The molecule has 0 aromatic heterocycles. The van der Waals surface area contributed by atoms with Gasteiger partial charge in [0.1, 0.15) is 0 Å². The molecule has 0 atom stereocenters. The third-order valence-corrected chi connectivity index (χ3v) is 1.15. The van der Waals surface area contributed by atoms with Gasteiger partial charge in [0, 0.05) is 13.0 Å². The fourth-order valence-corrected chi connectivity index (χ4v) is 0.727. The molecule has 0 aromatic rings. The van der Waals surface area contributed by atoms with Crippen LogP contribution < -0.4 is 5.32 Å². The summed E-state index contributed by atoms with van der Waals surface area (Å²) in [4.78, 5) is 10.4. The van der Waals surface area contributed by atoms with Gasteiger partial charge in [-0.1, -0.05) is 0 Å². The van der Waals surface area contributed by atoms with Gasteiger partial charge in [-0.2, -0.15) is 0 Å². The molecule has 1 amide bonds. The minimum atomic E-state index is 0. The summed E-state index contributed by atoms with van der Waals surface area (Å²) in [5.41, 5.74) is 0. The van der Waals surface area contributed by atoms with E-state index >= 15 is 0 Å². The predicted octanol–water partition coefficient (Wildman–Crippen LogP) is -0.213. The molecule has 1 saturated heterocycles. The third kappa shape index (κ3) is 4.68. The average Bonchev–Trinajstić information content (AvgIpc) is 1.69. The molecule has 0 bridgehead atoms. The van der Waals surface area contributed by atoms with Gasteiger partial charge >= 0.3 is 23.1 Å². The smallest absolute Gasteiger partial charge is 2.00 e. The summed E-state index contributed by atoms with van der Waals surface area (Å²) in [7, 11) is 0. The summed E-state index contributed by atoms with van der Waals surface area (Å²) < 4.78 is 0. The average molecular weight is 139 g/mol. The number of amides is 1. The van der Waals surface area contributed by atoms with E-state index in [1.54, 1.807) is 0 Å². The summed E-state index contributed by atoms with van der Waals surface area (Å²) >= 11 is 0. The van der Waals surface area contributed by atoms with E-state index in [9.17, 15) is 4.79 Å². The standard InChI is InChI=1S/C5H9NO.Mg.O/c7-5-3-1-2-4-6-5;;/h1-4H2,(H,6,7);;/q;+2;-2. The molecule has 9 heavy (non-hydrogen) atoms. The van der Waals surface area contributed by atoms with Gasteiger partial charge in [-0.25, -0.2) is 0 Å². The molecule has 3 nitrogen and oxygen atoms in total. The number of hydrogen-bond acceptors (Lipinski definition) is 1. The van der Waals surface area contributed by atoms with E-state index in [-0.39, 0.29) is 34.4 Å². The van der Waals surface area contributed by atoms with Gasteiger partial charge in [-0.15, -0.1) is 0 Å². The van der Waals surface area contributed by atoms with Crippen LogP contribution in [0.5, 0.6) is 0 Å². The molecule has 48 valence electrons. The SMILES string of the molecule is O=C1CCCCN1.[Mg+2].[O-2]. The van der Waals surface area contributed by atoms with Crippen LogP contribution in [0.1, 0.15) is 19.3 Å². The first kappa shape index (κ1) is 11.9. The van der Waals surface area contributed by atoms with Crippen molar-refractivity contribution < 1.29 is 10.3 Å². The minimum Gasteiger partial charge on any atom is -2.00 e. The second-order valence-electron chi connectivity index (χ2n) is 1.81. The molecule has 0 spiro atoms. The maximum Gasteiger partial charge on any atom is 2.00 e. The van der Waals surface area contributed by atoms with Crippen LogP contribution in [0, 0.1) is 0 Å². The maximum atomic E-state index is 10.4. The molecule has 1 rings (SSSR count). The molecule has 1 aliphatic rings. The molecule has 4 heteroatoms. The van der Waals surface area contributed by atoms with E-state index in [0.29, 0.717) is 0 Å². The summed E-state index contributed by atoms with van der Waals surface area (Å²) in [5, 5.41) is 2.74. The largest absolute Gasteiger partial charge is 2.00 e. The zero-order valence-electron chi connectivity index (χ0n) is 5.35. The van der Waals surface area contributed by atoms with E-state index in [1.807, 2.05) is 0 Å². The summed E-state index contributed by atoms with van der Waals surface area (Å²) in [6, 6.07) is 0. The second kappa shape index (κ2) is 6.32. The third-order valence-electron chi connectivity index (χ3n) is 1.15. The van der Waals surface area contributed by atoms with Crippen molar-refractivity contribution in [3.63, 3.8) is 0 Å². The van der Waals surface area contributed by atoms with E-state index in [0.717, 1.165) is 25.8 Å². The first-order valence-corrected chi connectivity index (χ1v) is 2.66. The molecule has 0 aliphatic carbocycles. The van der Waals surface area contributed by atoms with Gasteiger partial charge in [0.2, 0.25) is 5.91 Å². The molecular formula is C5H9MgNO2. The molecular weight excluding hydrogens is 130 g/mol.